The van der Waals surface area contributed by atoms with Crippen LogP contribution >= 0.6 is 0 Å². The highest BCUT2D eigenvalue weighted by Gasteiger charge is 2.21. The Morgan fingerprint density at radius 1 is 1.04 bits per heavy atom. The van der Waals surface area contributed by atoms with Crippen LogP contribution in [0.2, 0.25) is 0 Å². The molecular formula is C20H25NO4S. The molecule has 0 bridgehead atoms. The topological polar surface area (TPSA) is 64.6 Å². The average Bonchev–Trinajstić information content (AvgIpc) is 3.01. The molecule has 0 fully saturated rings. The van der Waals surface area contributed by atoms with E-state index in [9.17, 15) is 8.42 Å². The van der Waals surface area contributed by atoms with Crippen molar-refractivity contribution in [1.82, 2.24) is 4.72 Å². The summed E-state index contributed by atoms with van der Waals surface area (Å²) < 4.78 is 38.9. The number of aryl methyl sites for hydroxylation is 1. The summed E-state index contributed by atoms with van der Waals surface area (Å²) in [5, 5.41) is 0. The van der Waals surface area contributed by atoms with Gasteiger partial charge in [0, 0.05) is 6.54 Å². The lowest BCUT2D eigenvalue weighted by molar-refractivity contribution is 0.174. The molecule has 0 saturated carbocycles. The Labute approximate surface area is 155 Å². The third-order valence-electron chi connectivity index (χ3n) is 4.49. The van der Waals surface area contributed by atoms with Crippen LogP contribution in [0, 0.1) is 6.92 Å². The summed E-state index contributed by atoms with van der Waals surface area (Å²) in [5.74, 6) is 1.43. The van der Waals surface area contributed by atoms with Crippen molar-refractivity contribution in [3.8, 4) is 11.5 Å². The standard InChI is InChI=1S/C20H25NO4S/c1-14-5-7-16(20(2,3)4)12-19(14)26(22,23)21-10-9-15-6-8-17-18(11-15)25-13-24-17/h5-8,11-12,21H,9-10,13H2,1-4H3. The second kappa shape index (κ2) is 6.93. The molecule has 1 N–H and O–H groups in total. The molecule has 0 spiro atoms. The van der Waals surface area contributed by atoms with Gasteiger partial charge in [0.2, 0.25) is 16.8 Å². The van der Waals surface area contributed by atoms with Crippen LogP contribution in [0.25, 0.3) is 0 Å². The van der Waals surface area contributed by atoms with Crippen molar-refractivity contribution in [3.05, 3.63) is 53.1 Å². The number of benzene rings is 2. The van der Waals surface area contributed by atoms with Gasteiger partial charge >= 0.3 is 0 Å². The molecule has 2 aromatic carbocycles. The van der Waals surface area contributed by atoms with Crippen LogP contribution < -0.4 is 14.2 Å². The molecule has 0 aromatic heterocycles. The third-order valence-corrected chi connectivity index (χ3v) is 6.09. The van der Waals surface area contributed by atoms with Gasteiger partial charge in [-0.05, 0) is 53.6 Å². The Hall–Kier alpha value is -2.05. The van der Waals surface area contributed by atoms with Crippen molar-refractivity contribution in [3.63, 3.8) is 0 Å². The molecule has 0 atom stereocenters. The largest absolute Gasteiger partial charge is 0.454 e. The fraction of sp³-hybridized carbons (Fsp3) is 0.400. The SMILES string of the molecule is Cc1ccc(C(C)(C)C)cc1S(=O)(=O)NCCc1ccc2c(c1)OCO2. The van der Waals surface area contributed by atoms with Gasteiger partial charge in [0.25, 0.3) is 0 Å². The van der Waals surface area contributed by atoms with E-state index in [1.165, 1.54) is 0 Å². The number of nitrogens with one attached hydrogen (secondary N) is 1. The zero-order chi connectivity index (χ0) is 18.9. The molecule has 0 saturated heterocycles. The van der Waals surface area contributed by atoms with E-state index in [-0.39, 0.29) is 12.2 Å². The first-order valence-electron chi connectivity index (χ1n) is 8.66. The molecule has 0 radical (unpaired) electrons. The lowest BCUT2D eigenvalue weighted by atomic mass is 9.87. The molecule has 5 nitrogen and oxygen atoms in total. The number of hydrogen-bond donors (Lipinski definition) is 1. The lowest BCUT2D eigenvalue weighted by Gasteiger charge is -2.21. The third kappa shape index (κ3) is 4.02. The number of fused-ring (bicyclic) bond motifs is 1. The molecule has 1 aliphatic heterocycles. The first kappa shape index (κ1) is 18.7. The van der Waals surface area contributed by atoms with Crippen LogP contribution in [0.4, 0.5) is 0 Å². The summed E-state index contributed by atoms with van der Waals surface area (Å²) in [4.78, 5) is 0.343. The Balaban J connectivity index is 1.71. The highest BCUT2D eigenvalue weighted by molar-refractivity contribution is 7.89. The highest BCUT2D eigenvalue weighted by atomic mass is 32.2. The number of sulfonamides is 1. The molecule has 140 valence electrons. The van der Waals surface area contributed by atoms with Crippen LogP contribution in [-0.2, 0) is 21.9 Å². The maximum Gasteiger partial charge on any atom is 0.240 e. The molecule has 0 amide bonds. The second-order valence-electron chi connectivity index (χ2n) is 7.57. The number of rotatable bonds is 5. The zero-order valence-corrected chi connectivity index (χ0v) is 16.4. The van der Waals surface area contributed by atoms with Crippen LogP contribution in [0.5, 0.6) is 11.5 Å². The highest BCUT2D eigenvalue weighted by Crippen LogP contribution is 2.32. The summed E-state index contributed by atoms with van der Waals surface area (Å²) in [5.41, 5.74) is 2.63. The van der Waals surface area contributed by atoms with E-state index < -0.39 is 10.0 Å². The molecule has 2 aromatic rings. The predicted octanol–water partition coefficient (Wildman–Crippen LogP) is 3.54. The van der Waals surface area contributed by atoms with Gasteiger partial charge in [-0.3, -0.25) is 0 Å². The minimum atomic E-state index is -3.56. The van der Waals surface area contributed by atoms with Crippen molar-refractivity contribution < 1.29 is 17.9 Å². The fourth-order valence-corrected chi connectivity index (χ4v) is 4.16. The average molecular weight is 375 g/mol. The van der Waals surface area contributed by atoms with Gasteiger partial charge in [-0.2, -0.15) is 0 Å². The lowest BCUT2D eigenvalue weighted by Crippen LogP contribution is -2.27. The van der Waals surface area contributed by atoms with Crippen molar-refractivity contribution in [2.45, 2.75) is 44.4 Å². The van der Waals surface area contributed by atoms with Gasteiger partial charge in [0.1, 0.15) is 0 Å². The molecule has 6 heteroatoms. The molecule has 3 rings (SSSR count). The van der Waals surface area contributed by atoms with Crippen molar-refractivity contribution in [2.75, 3.05) is 13.3 Å². The number of hydrogen-bond acceptors (Lipinski definition) is 4. The molecule has 0 aliphatic carbocycles. The predicted molar refractivity (Wildman–Crippen MR) is 101 cm³/mol. The summed E-state index contributed by atoms with van der Waals surface area (Å²) in [6.45, 7) is 8.58. The van der Waals surface area contributed by atoms with E-state index in [0.717, 1.165) is 22.4 Å². The minimum absolute atomic E-state index is 0.107. The maximum atomic E-state index is 12.8. The quantitative estimate of drug-likeness (QED) is 0.868. The van der Waals surface area contributed by atoms with Crippen LogP contribution in [0.1, 0.15) is 37.5 Å². The summed E-state index contributed by atoms with van der Waals surface area (Å²) in [6, 6.07) is 11.3. The Kier molecular flexibility index (Phi) is 4.99. The zero-order valence-electron chi connectivity index (χ0n) is 15.6. The van der Waals surface area contributed by atoms with Gasteiger partial charge in [0.05, 0.1) is 4.90 Å². The van der Waals surface area contributed by atoms with Crippen LogP contribution in [0.15, 0.2) is 41.3 Å². The summed E-state index contributed by atoms with van der Waals surface area (Å²) in [6.07, 6.45) is 0.577. The maximum absolute atomic E-state index is 12.8. The van der Waals surface area contributed by atoms with E-state index in [4.69, 9.17) is 9.47 Å². The second-order valence-corrected chi connectivity index (χ2v) is 9.30. The smallest absolute Gasteiger partial charge is 0.240 e. The minimum Gasteiger partial charge on any atom is -0.454 e. The van der Waals surface area contributed by atoms with Crippen LogP contribution in [-0.4, -0.2) is 21.8 Å². The normalized spacial score (nSPS) is 13.8. The fourth-order valence-electron chi connectivity index (χ4n) is 2.86. The van der Waals surface area contributed by atoms with Crippen LogP contribution in [0.3, 0.4) is 0 Å². The molecule has 0 unspecified atom stereocenters. The first-order valence-corrected chi connectivity index (χ1v) is 10.1. The molecule has 1 heterocycles. The van der Waals surface area contributed by atoms with Gasteiger partial charge in [-0.25, -0.2) is 13.1 Å². The van der Waals surface area contributed by atoms with E-state index in [1.54, 1.807) is 6.07 Å². The van der Waals surface area contributed by atoms with Gasteiger partial charge in [-0.15, -0.1) is 0 Å². The van der Waals surface area contributed by atoms with E-state index >= 15 is 0 Å². The van der Waals surface area contributed by atoms with Crippen molar-refractivity contribution in [2.24, 2.45) is 0 Å². The van der Waals surface area contributed by atoms with E-state index in [1.807, 2.05) is 37.3 Å². The number of ether oxygens (including phenoxy) is 2. The first-order chi connectivity index (χ1) is 12.2. The molecule has 26 heavy (non-hydrogen) atoms. The van der Waals surface area contributed by atoms with Crippen molar-refractivity contribution >= 4 is 10.0 Å². The molecular weight excluding hydrogens is 350 g/mol. The Morgan fingerprint density at radius 2 is 1.77 bits per heavy atom. The monoisotopic (exact) mass is 375 g/mol. The summed E-state index contributed by atoms with van der Waals surface area (Å²) >= 11 is 0. The van der Waals surface area contributed by atoms with Gasteiger partial charge in [-0.1, -0.05) is 39.0 Å². The van der Waals surface area contributed by atoms with E-state index in [0.29, 0.717) is 23.6 Å². The molecule has 1 aliphatic rings. The Bertz CT molecular complexity index is 914. The van der Waals surface area contributed by atoms with Gasteiger partial charge in [0.15, 0.2) is 11.5 Å². The summed E-state index contributed by atoms with van der Waals surface area (Å²) in [7, 11) is -3.56. The van der Waals surface area contributed by atoms with Crippen molar-refractivity contribution in [1.29, 1.82) is 0 Å². The Morgan fingerprint density at radius 3 is 2.50 bits per heavy atom. The van der Waals surface area contributed by atoms with E-state index in [2.05, 4.69) is 25.5 Å². The van der Waals surface area contributed by atoms with Gasteiger partial charge < -0.3 is 9.47 Å².